The molecule has 9 nitrogen and oxygen atoms in total. The minimum absolute atomic E-state index is 0.0161. The zero-order valence-corrected chi connectivity index (χ0v) is 21.4. The summed E-state index contributed by atoms with van der Waals surface area (Å²) in [6, 6.07) is 14.3. The number of ether oxygens (including phenoxy) is 2. The quantitative estimate of drug-likeness (QED) is 0.556. The zero-order valence-electron chi connectivity index (χ0n) is 21.4. The van der Waals surface area contributed by atoms with Gasteiger partial charge in [-0.25, -0.2) is 9.18 Å². The van der Waals surface area contributed by atoms with Gasteiger partial charge >= 0.3 is 6.09 Å². The first kappa shape index (κ1) is 26.4. The molecule has 0 aliphatic carbocycles. The van der Waals surface area contributed by atoms with Crippen molar-refractivity contribution in [3.63, 3.8) is 0 Å². The van der Waals surface area contributed by atoms with E-state index in [1.54, 1.807) is 19.2 Å². The summed E-state index contributed by atoms with van der Waals surface area (Å²) in [5.41, 5.74) is 1.83. The number of hydrogen-bond acceptors (Lipinski definition) is 6. The summed E-state index contributed by atoms with van der Waals surface area (Å²) in [7, 11) is 1.55. The summed E-state index contributed by atoms with van der Waals surface area (Å²) in [6.45, 7) is 5.69. The van der Waals surface area contributed by atoms with Crippen LogP contribution in [0.3, 0.4) is 0 Å². The molecule has 0 spiro atoms. The van der Waals surface area contributed by atoms with Crippen LogP contribution in [0.25, 0.3) is 0 Å². The highest BCUT2D eigenvalue weighted by atomic mass is 19.1. The Morgan fingerprint density at radius 2 is 1.92 bits per heavy atom. The molecule has 2 aromatic rings. The molecule has 2 heterocycles. The van der Waals surface area contributed by atoms with E-state index in [1.165, 1.54) is 22.8 Å². The number of hydrogen-bond donors (Lipinski definition) is 1. The van der Waals surface area contributed by atoms with E-state index in [-0.39, 0.29) is 36.8 Å². The molecule has 0 radical (unpaired) electrons. The Bertz CT molecular complexity index is 1130. The van der Waals surface area contributed by atoms with Crippen LogP contribution < -0.4 is 15.1 Å². The first-order valence-electron chi connectivity index (χ1n) is 12.4. The van der Waals surface area contributed by atoms with Gasteiger partial charge < -0.3 is 24.6 Å². The minimum Gasteiger partial charge on any atom is -0.423 e. The van der Waals surface area contributed by atoms with Crippen molar-refractivity contribution in [2.75, 3.05) is 49.6 Å². The molecule has 10 heteroatoms. The fourth-order valence-electron chi connectivity index (χ4n) is 4.61. The Labute approximate surface area is 216 Å². The van der Waals surface area contributed by atoms with Crippen LogP contribution in [0.5, 0.6) is 0 Å². The summed E-state index contributed by atoms with van der Waals surface area (Å²) in [4.78, 5) is 40.7. The number of rotatable bonds is 9. The zero-order chi connectivity index (χ0) is 26.5. The molecule has 3 atom stereocenters. The second-order valence-electron chi connectivity index (χ2n) is 9.64. The van der Waals surface area contributed by atoms with Crippen molar-refractivity contribution in [3.8, 4) is 0 Å². The van der Waals surface area contributed by atoms with Crippen LogP contribution in [0.2, 0.25) is 0 Å². The number of nitrogens with one attached hydrogen (secondary N) is 1. The maximum Gasteiger partial charge on any atom is 0.416 e. The first-order chi connectivity index (χ1) is 17.7. The van der Waals surface area contributed by atoms with Gasteiger partial charge in [-0.2, -0.15) is 0 Å². The Hall–Kier alpha value is -3.66. The average molecular weight is 513 g/mol. The lowest BCUT2D eigenvalue weighted by Crippen LogP contribution is -2.38. The number of carbonyl (C=O) groups excluding carboxylic acids is 3. The molecule has 198 valence electrons. The molecule has 2 aliphatic rings. The number of likely N-dealkylation sites (N-methyl/N-ethyl adjacent to an activating group) is 1. The van der Waals surface area contributed by atoms with E-state index < -0.39 is 18.1 Å². The van der Waals surface area contributed by atoms with Gasteiger partial charge in [0, 0.05) is 33.6 Å². The van der Waals surface area contributed by atoms with Gasteiger partial charge in [-0.1, -0.05) is 37.3 Å². The Balaban J connectivity index is 1.28. The molecular formula is C27H33FN4O5. The fourth-order valence-corrected chi connectivity index (χ4v) is 4.61. The highest BCUT2D eigenvalue weighted by Gasteiger charge is 2.37. The van der Waals surface area contributed by atoms with Crippen molar-refractivity contribution >= 4 is 29.3 Å². The molecule has 0 bridgehead atoms. The predicted molar refractivity (Wildman–Crippen MR) is 136 cm³/mol. The van der Waals surface area contributed by atoms with Crippen LogP contribution in [-0.4, -0.2) is 68.9 Å². The minimum atomic E-state index is -0.716. The van der Waals surface area contributed by atoms with Crippen LogP contribution in [0.1, 0.15) is 19.4 Å². The van der Waals surface area contributed by atoms with E-state index in [4.69, 9.17) is 9.47 Å². The predicted octanol–water partition coefficient (Wildman–Crippen LogP) is 2.99. The summed E-state index contributed by atoms with van der Waals surface area (Å²) in [6.07, 6.45) is -1.34. The lowest BCUT2D eigenvalue weighted by molar-refractivity contribution is -0.134. The van der Waals surface area contributed by atoms with Crippen molar-refractivity contribution in [2.45, 2.75) is 26.7 Å². The molecule has 37 heavy (non-hydrogen) atoms. The van der Waals surface area contributed by atoms with Crippen molar-refractivity contribution < 1.29 is 28.2 Å². The van der Waals surface area contributed by atoms with E-state index >= 15 is 4.39 Å². The van der Waals surface area contributed by atoms with Crippen LogP contribution in [0.15, 0.2) is 48.5 Å². The molecule has 0 saturated carbocycles. The standard InChI is InChI=1S/C27H33FN4O5/c1-18-13-31(14-21(18)12-29-25(34)17-36-16-20-7-5-4-6-8-20)24-10-9-22(11-23(24)28)32-15-26(37-27(32)35)30(3)19(2)33/h4-11,18,21,26H,12-17H2,1-3H3,(H,29,34)/t18-,21+,26?/m0/s1. The van der Waals surface area contributed by atoms with Gasteiger partial charge in [0.15, 0.2) is 6.23 Å². The van der Waals surface area contributed by atoms with E-state index in [9.17, 15) is 14.4 Å². The van der Waals surface area contributed by atoms with Gasteiger partial charge in [-0.05, 0) is 35.6 Å². The number of nitrogens with zero attached hydrogens (tertiary/aromatic N) is 3. The van der Waals surface area contributed by atoms with Crippen LogP contribution in [-0.2, 0) is 25.7 Å². The molecule has 0 aromatic heterocycles. The summed E-state index contributed by atoms with van der Waals surface area (Å²) in [5, 5.41) is 2.93. The number of cyclic esters (lactones) is 1. The number of benzene rings is 2. The largest absolute Gasteiger partial charge is 0.423 e. The third-order valence-electron chi connectivity index (χ3n) is 6.98. The van der Waals surface area contributed by atoms with Crippen molar-refractivity contribution in [1.82, 2.24) is 10.2 Å². The molecule has 1 unspecified atom stereocenters. The van der Waals surface area contributed by atoms with Gasteiger partial charge in [0.2, 0.25) is 11.8 Å². The van der Waals surface area contributed by atoms with Crippen molar-refractivity contribution in [1.29, 1.82) is 0 Å². The monoisotopic (exact) mass is 512 g/mol. The topological polar surface area (TPSA) is 91.4 Å². The summed E-state index contributed by atoms with van der Waals surface area (Å²) in [5.74, 6) is -0.437. The summed E-state index contributed by atoms with van der Waals surface area (Å²) >= 11 is 0. The van der Waals surface area contributed by atoms with Crippen molar-refractivity contribution in [2.24, 2.45) is 11.8 Å². The summed E-state index contributed by atoms with van der Waals surface area (Å²) < 4.78 is 25.9. The molecule has 2 fully saturated rings. The van der Waals surface area contributed by atoms with E-state index in [0.717, 1.165) is 5.56 Å². The molecular weight excluding hydrogens is 479 g/mol. The van der Waals surface area contributed by atoms with Gasteiger partial charge in [0.1, 0.15) is 12.4 Å². The molecule has 4 rings (SSSR count). The number of carbonyl (C=O) groups is 3. The lowest BCUT2D eigenvalue weighted by Gasteiger charge is -2.22. The van der Waals surface area contributed by atoms with Gasteiger partial charge in [-0.15, -0.1) is 0 Å². The van der Waals surface area contributed by atoms with Crippen LogP contribution in [0, 0.1) is 17.7 Å². The lowest BCUT2D eigenvalue weighted by atomic mass is 9.98. The first-order valence-corrected chi connectivity index (χ1v) is 12.4. The second kappa shape index (κ2) is 11.6. The van der Waals surface area contributed by atoms with E-state index in [2.05, 4.69) is 12.2 Å². The molecule has 2 aromatic carbocycles. The highest BCUT2D eigenvalue weighted by Crippen LogP contribution is 2.33. The maximum atomic E-state index is 15.1. The number of halogens is 1. The Kier molecular flexibility index (Phi) is 8.27. The highest BCUT2D eigenvalue weighted by molar-refractivity contribution is 5.90. The third-order valence-corrected chi connectivity index (χ3v) is 6.98. The van der Waals surface area contributed by atoms with Gasteiger partial charge in [0.25, 0.3) is 0 Å². The van der Waals surface area contributed by atoms with Crippen molar-refractivity contribution in [3.05, 3.63) is 59.9 Å². The Morgan fingerprint density at radius 1 is 1.16 bits per heavy atom. The number of amides is 3. The van der Waals surface area contributed by atoms with E-state index in [0.29, 0.717) is 37.6 Å². The van der Waals surface area contributed by atoms with E-state index in [1.807, 2.05) is 35.2 Å². The van der Waals surface area contributed by atoms with Crippen LogP contribution >= 0.6 is 0 Å². The molecule has 2 aliphatic heterocycles. The molecule has 2 saturated heterocycles. The fraction of sp³-hybridized carbons (Fsp3) is 0.444. The second-order valence-corrected chi connectivity index (χ2v) is 9.64. The maximum absolute atomic E-state index is 15.1. The van der Waals surface area contributed by atoms with Gasteiger partial charge in [0.05, 0.1) is 24.5 Å². The SMILES string of the molecule is CC(=O)N(C)C1CN(c2ccc(N3C[C@@H](CNC(=O)COCc4ccccc4)[C@@H](C)C3)c(F)c2)C(=O)O1. The normalized spacial score (nSPS) is 21.2. The Morgan fingerprint density at radius 3 is 2.62 bits per heavy atom. The molecule has 1 N–H and O–H groups in total. The van der Waals surface area contributed by atoms with Crippen LogP contribution in [0.4, 0.5) is 20.6 Å². The van der Waals surface area contributed by atoms with Gasteiger partial charge in [-0.3, -0.25) is 14.5 Å². The average Bonchev–Trinajstić information content (AvgIpc) is 3.44. The molecule has 3 amide bonds. The third kappa shape index (κ3) is 6.37. The number of anilines is 2. The smallest absolute Gasteiger partial charge is 0.416 e.